The van der Waals surface area contributed by atoms with Crippen LogP contribution in [0, 0.1) is 5.82 Å². The Hall–Kier alpha value is -3.88. The molecular formula is C22H22FN3O5. The predicted octanol–water partition coefficient (Wildman–Crippen LogP) is 3.10. The molecule has 0 saturated carbocycles. The van der Waals surface area contributed by atoms with Crippen LogP contribution in [0.4, 0.5) is 4.39 Å². The van der Waals surface area contributed by atoms with Crippen molar-refractivity contribution in [3.8, 4) is 23.1 Å². The largest absolute Gasteiger partial charge is 0.493 e. The van der Waals surface area contributed by atoms with E-state index in [9.17, 15) is 9.18 Å². The first-order valence-electron chi connectivity index (χ1n) is 9.24. The minimum absolute atomic E-state index is 0.164. The third-order valence-corrected chi connectivity index (χ3v) is 4.52. The number of nitrogens with one attached hydrogen (secondary N) is 1. The Morgan fingerprint density at radius 2 is 1.71 bits per heavy atom. The first-order chi connectivity index (χ1) is 15.0. The molecule has 1 N–H and O–H groups in total. The van der Waals surface area contributed by atoms with E-state index in [2.05, 4.69) is 15.5 Å². The number of carbonyl (C=O) groups excluding carboxylic acids is 1. The quantitative estimate of drug-likeness (QED) is 0.439. The lowest BCUT2D eigenvalue weighted by Crippen LogP contribution is -2.20. The number of benzene rings is 2. The molecule has 1 amide bonds. The molecule has 0 atom stereocenters. The Morgan fingerprint density at radius 1 is 1.03 bits per heavy atom. The number of fused-ring (bicyclic) bond motifs is 1. The van der Waals surface area contributed by atoms with Crippen LogP contribution in [0.25, 0.3) is 10.9 Å². The second kappa shape index (κ2) is 9.75. The number of carbonyl (C=O) groups is 1. The van der Waals surface area contributed by atoms with Crippen LogP contribution in [0.5, 0.6) is 23.1 Å². The Kier molecular flexibility index (Phi) is 6.86. The second-order valence-electron chi connectivity index (χ2n) is 6.38. The van der Waals surface area contributed by atoms with Crippen LogP contribution < -0.4 is 24.4 Å². The number of pyridine rings is 1. The van der Waals surface area contributed by atoms with E-state index in [0.717, 1.165) is 0 Å². The molecule has 0 spiro atoms. The van der Waals surface area contributed by atoms with Gasteiger partial charge in [0.1, 0.15) is 5.82 Å². The first kappa shape index (κ1) is 21.8. The van der Waals surface area contributed by atoms with Crippen LogP contribution in [-0.2, 0) is 11.2 Å². The fourth-order valence-corrected chi connectivity index (χ4v) is 3.04. The molecular weight excluding hydrogens is 405 g/mol. The Bertz CT molecular complexity index is 1110. The number of ether oxygens (including phenoxy) is 4. The number of aromatic nitrogens is 1. The van der Waals surface area contributed by atoms with Crippen molar-refractivity contribution < 1.29 is 28.1 Å². The van der Waals surface area contributed by atoms with E-state index in [-0.39, 0.29) is 12.0 Å². The Balaban J connectivity index is 1.78. The number of hydrazone groups is 1. The van der Waals surface area contributed by atoms with Gasteiger partial charge in [0.25, 0.3) is 0 Å². The molecule has 0 saturated heterocycles. The number of methoxy groups -OCH3 is 4. The Labute approximate surface area is 178 Å². The summed E-state index contributed by atoms with van der Waals surface area (Å²) in [4.78, 5) is 16.6. The summed E-state index contributed by atoms with van der Waals surface area (Å²) in [6, 6.07) is 9.69. The lowest BCUT2D eigenvalue weighted by atomic mass is 10.1. The molecule has 1 aromatic heterocycles. The smallest absolute Gasteiger partial charge is 0.244 e. The van der Waals surface area contributed by atoms with Gasteiger partial charge in [-0.2, -0.15) is 5.10 Å². The fraction of sp³-hybridized carbons (Fsp3) is 0.227. The molecule has 0 unspecified atom stereocenters. The molecule has 0 bridgehead atoms. The van der Waals surface area contributed by atoms with Crippen LogP contribution >= 0.6 is 0 Å². The van der Waals surface area contributed by atoms with Crippen LogP contribution in [0.15, 0.2) is 41.5 Å². The number of hydrogen-bond donors (Lipinski definition) is 1. The molecule has 3 rings (SSSR count). The molecule has 0 aliphatic rings. The van der Waals surface area contributed by atoms with E-state index in [4.69, 9.17) is 18.9 Å². The molecule has 1 heterocycles. The van der Waals surface area contributed by atoms with Crippen LogP contribution in [0.1, 0.15) is 11.1 Å². The highest BCUT2D eigenvalue weighted by Gasteiger charge is 2.15. The number of amides is 1. The molecule has 0 aliphatic heterocycles. The van der Waals surface area contributed by atoms with Gasteiger partial charge in [0.15, 0.2) is 11.5 Å². The highest BCUT2D eigenvalue weighted by Crippen LogP contribution is 2.37. The second-order valence-corrected chi connectivity index (χ2v) is 6.38. The molecule has 0 fully saturated rings. The van der Waals surface area contributed by atoms with Crippen molar-refractivity contribution >= 4 is 23.0 Å². The summed E-state index contributed by atoms with van der Waals surface area (Å²) >= 11 is 0. The zero-order valence-electron chi connectivity index (χ0n) is 17.6. The summed E-state index contributed by atoms with van der Waals surface area (Å²) in [5, 5.41) is 4.64. The standard InChI is InChI=1S/C22H22FN3O5/c1-28-17-9-13(10-18(29-2)22(17)31-4)12-24-26-19(27)11-15-16(23)7-5-14-6-8-20(30-3)25-21(14)15/h5-10,12H,11H2,1-4H3,(H,26,27)/b24-12+. The number of rotatable bonds is 8. The maximum Gasteiger partial charge on any atom is 0.244 e. The minimum atomic E-state index is -0.531. The number of nitrogens with zero attached hydrogens (tertiary/aromatic N) is 2. The number of halogens is 1. The summed E-state index contributed by atoms with van der Waals surface area (Å²) in [6.45, 7) is 0. The van der Waals surface area contributed by atoms with Gasteiger partial charge in [-0.15, -0.1) is 0 Å². The zero-order valence-corrected chi connectivity index (χ0v) is 17.6. The lowest BCUT2D eigenvalue weighted by molar-refractivity contribution is -0.120. The molecule has 31 heavy (non-hydrogen) atoms. The van der Waals surface area contributed by atoms with Gasteiger partial charge in [-0.05, 0) is 30.3 Å². The van der Waals surface area contributed by atoms with Gasteiger partial charge in [-0.3, -0.25) is 4.79 Å². The van der Waals surface area contributed by atoms with Crippen LogP contribution in [0.3, 0.4) is 0 Å². The molecule has 0 aliphatic carbocycles. The van der Waals surface area contributed by atoms with E-state index in [1.807, 2.05) is 0 Å². The summed E-state index contributed by atoms with van der Waals surface area (Å²) in [5.41, 5.74) is 3.53. The van der Waals surface area contributed by atoms with Crippen molar-refractivity contribution in [3.63, 3.8) is 0 Å². The summed E-state index contributed by atoms with van der Waals surface area (Å²) < 4.78 is 35.3. The number of hydrogen-bond acceptors (Lipinski definition) is 7. The van der Waals surface area contributed by atoms with E-state index < -0.39 is 11.7 Å². The van der Waals surface area contributed by atoms with Crippen LogP contribution in [-0.4, -0.2) is 45.5 Å². The molecule has 8 nitrogen and oxygen atoms in total. The minimum Gasteiger partial charge on any atom is -0.493 e. The van der Waals surface area contributed by atoms with E-state index >= 15 is 0 Å². The summed E-state index contributed by atoms with van der Waals surface area (Å²) in [6.07, 6.45) is 1.18. The first-order valence-corrected chi connectivity index (χ1v) is 9.24. The average Bonchev–Trinajstić information content (AvgIpc) is 2.79. The Morgan fingerprint density at radius 3 is 2.32 bits per heavy atom. The van der Waals surface area contributed by atoms with Gasteiger partial charge in [-0.25, -0.2) is 14.8 Å². The van der Waals surface area contributed by atoms with Crippen molar-refractivity contribution in [3.05, 3.63) is 53.3 Å². The summed E-state index contributed by atoms with van der Waals surface area (Å²) in [5.74, 6) is 0.650. The zero-order chi connectivity index (χ0) is 22.4. The van der Waals surface area contributed by atoms with Crippen LogP contribution in [0.2, 0.25) is 0 Å². The maximum atomic E-state index is 14.4. The highest BCUT2D eigenvalue weighted by molar-refractivity contribution is 5.89. The van der Waals surface area contributed by atoms with Crippen molar-refractivity contribution in [1.82, 2.24) is 10.4 Å². The third kappa shape index (κ3) is 4.82. The van der Waals surface area contributed by atoms with Crippen molar-refractivity contribution in [2.24, 2.45) is 5.10 Å². The normalized spacial score (nSPS) is 10.9. The van der Waals surface area contributed by atoms with E-state index in [0.29, 0.717) is 39.6 Å². The highest BCUT2D eigenvalue weighted by atomic mass is 19.1. The summed E-state index contributed by atoms with van der Waals surface area (Å²) in [7, 11) is 5.98. The lowest BCUT2D eigenvalue weighted by Gasteiger charge is -2.12. The van der Waals surface area contributed by atoms with Crippen molar-refractivity contribution in [2.75, 3.05) is 28.4 Å². The molecule has 162 valence electrons. The van der Waals surface area contributed by atoms with Crippen molar-refractivity contribution in [1.29, 1.82) is 0 Å². The monoisotopic (exact) mass is 427 g/mol. The van der Waals surface area contributed by atoms with Gasteiger partial charge in [0.2, 0.25) is 17.5 Å². The van der Waals surface area contributed by atoms with Gasteiger partial charge >= 0.3 is 0 Å². The van der Waals surface area contributed by atoms with Gasteiger partial charge in [0.05, 0.1) is 46.6 Å². The molecule has 9 heteroatoms. The average molecular weight is 427 g/mol. The van der Waals surface area contributed by atoms with E-state index in [1.54, 1.807) is 30.3 Å². The third-order valence-electron chi connectivity index (χ3n) is 4.52. The van der Waals surface area contributed by atoms with Gasteiger partial charge in [-0.1, -0.05) is 0 Å². The van der Waals surface area contributed by atoms with Crippen molar-refractivity contribution in [2.45, 2.75) is 6.42 Å². The molecule has 0 radical (unpaired) electrons. The maximum absolute atomic E-state index is 14.4. The van der Waals surface area contributed by atoms with Gasteiger partial charge in [0, 0.05) is 22.6 Å². The topological polar surface area (TPSA) is 91.3 Å². The molecule has 3 aromatic rings. The van der Waals surface area contributed by atoms with E-state index in [1.165, 1.54) is 40.7 Å². The van der Waals surface area contributed by atoms with Gasteiger partial charge < -0.3 is 18.9 Å². The predicted molar refractivity (Wildman–Crippen MR) is 114 cm³/mol. The molecule has 2 aromatic carbocycles. The SMILES string of the molecule is COc1ccc2ccc(F)c(CC(=O)N/N=C/c3cc(OC)c(OC)c(OC)c3)c2n1. The fourth-order valence-electron chi connectivity index (χ4n) is 3.04.